The molecule has 10 heterocycles. The molecule has 0 amide bonds. The van der Waals surface area contributed by atoms with E-state index in [1.54, 1.807) is 16.2 Å². The summed E-state index contributed by atoms with van der Waals surface area (Å²) >= 11 is 0. The second-order valence-corrected chi connectivity index (χ2v) is 48.2. The second kappa shape index (κ2) is 3.15. The first-order valence-corrected chi connectivity index (χ1v) is 24.2. The third-order valence-corrected chi connectivity index (χ3v) is 72.3. The van der Waals surface area contributed by atoms with Gasteiger partial charge in [-0.1, -0.05) is 0 Å². The molecule has 0 saturated carbocycles. The van der Waals surface area contributed by atoms with Gasteiger partial charge in [-0.15, -0.1) is 0 Å². The molecule has 8 atom stereocenters. The van der Waals surface area contributed by atoms with Crippen LogP contribution in [-0.2, 0) is 10.8 Å². The van der Waals surface area contributed by atoms with Gasteiger partial charge in [0.05, 0.1) is 0 Å². The summed E-state index contributed by atoms with van der Waals surface area (Å²) in [6, 6.07) is 31.3. The summed E-state index contributed by atoms with van der Waals surface area (Å²) in [5, 5.41) is 12.9. The van der Waals surface area contributed by atoms with Gasteiger partial charge in [0.25, 0.3) is 0 Å². The van der Waals surface area contributed by atoms with E-state index in [-0.39, 0.29) is 7.92 Å². The monoisotopic (exact) mass is 606 g/mol. The summed E-state index contributed by atoms with van der Waals surface area (Å²) in [4.78, 5) is 10.1. The maximum atomic E-state index is 2.67. The Kier molecular flexibility index (Phi) is 1.57. The van der Waals surface area contributed by atoms with Gasteiger partial charge in [-0.05, 0) is 0 Å². The summed E-state index contributed by atoms with van der Waals surface area (Å²) in [6.45, 7) is 12.2. The molecule has 0 bridgehead atoms. The van der Waals surface area contributed by atoms with Crippen LogP contribution in [0.1, 0.15) is 47.1 Å². The molecule has 2 heteroatoms. The van der Waals surface area contributed by atoms with E-state index in [9.17, 15) is 0 Å². The van der Waals surface area contributed by atoms with Crippen molar-refractivity contribution in [2.24, 2.45) is 0 Å². The molecule has 15 rings (SSSR count). The first kappa shape index (κ1) is 20.9. The fourth-order valence-electron chi connectivity index (χ4n) is 23.7. The molecule has 5 aromatic rings. The third kappa shape index (κ3) is 0.556. The van der Waals surface area contributed by atoms with Crippen molar-refractivity contribution < 1.29 is 6.51 Å². The molecule has 212 valence electrons. The summed E-state index contributed by atoms with van der Waals surface area (Å²) in [6.07, 6.45) is 0. The van der Waals surface area contributed by atoms with Gasteiger partial charge in [0.1, 0.15) is 0 Å². The van der Waals surface area contributed by atoms with Crippen molar-refractivity contribution in [1.82, 2.24) is 0 Å². The van der Waals surface area contributed by atoms with E-state index >= 15 is 0 Å². The number of benzene rings is 5. The van der Waals surface area contributed by atoms with Crippen molar-refractivity contribution >= 4 is 51.0 Å². The Bertz CT molecular complexity index is 2710. The zero-order valence-electron chi connectivity index (χ0n) is 25.4. The first-order valence-electron chi connectivity index (χ1n) is 16.6. The zero-order valence-corrected chi connectivity index (χ0v) is 27.4. The zero-order chi connectivity index (χ0) is 27.9. The van der Waals surface area contributed by atoms with E-state index in [1.807, 2.05) is 5.56 Å². The summed E-state index contributed by atoms with van der Waals surface area (Å²) in [5.41, 5.74) is 1.94. The van der Waals surface area contributed by atoms with Crippen LogP contribution in [0.25, 0.3) is 43.1 Å². The van der Waals surface area contributed by atoms with Crippen molar-refractivity contribution in [2.75, 3.05) is 0 Å². The predicted octanol–water partition coefficient (Wildman–Crippen LogP) is 12.1. The van der Waals surface area contributed by atoms with Gasteiger partial charge in [-0.2, -0.15) is 0 Å². The van der Waals surface area contributed by atoms with Crippen LogP contribution in [0.4, 0.5) is 0 Å². The molecule has 42 heavy (non-hydrogen) atoms. The van der Waals surface area contributed by atoms with Crippen LogP contribution in [-0.4, -0.2) is 14.4 Å². The predicted molar refractivity (Wildman–Crippen MR) is 177 cm³/mol. The van der Waals surface area contributed by atoms with Crippen LogP contribution in [0.15, 0.2) is 78.9 Å². The molecule has 1 spiro atoms. The van der Waals surface area contributed by atoms with Crippen LogP contribution < -0.4 is 0 Å². The summed E-state index contributed by atoms with van der Waals surface area (Å²) in [5.74, 6) is 0. The van der Waals surface area contributed by atoms with Crippen molar-refractivity contribution in [3.05, 3.63) is 84.4 Å². The Hall–Kier alpha value is -1.91. The van der Waals surface area contributed by atoms with Gasteiger partial charge in [-0.25, -0.2) is 0 Å². The van der Waals surface area contributed by atoms with Crippen molar-refractivity contribution in [1.29, 1.82) is 0 Å². The van der Waals surface area contributed by atoms with E-state index in [2.05, 4.69) is 120 Å². The topological polar surface area (TPSA) is 0 Å². The van der Waals surface area contributed by atoms with E-state index in [0.717, 1.165) is 4.05 Å². The van der Waals surface area contributed by atoms with E-state index < -0.39 is 6.51 Å². The Morgan fingerprint density at radius 1 is 0.524 bits per heavy atom. The number of rotatable bonds is 2. The van der Waals surface area contributed by atoms with E-state index in [0.29, 0.717) is 14.6 Å². The Morgan fingerprint density at radius 2 is 1.05 bits per heavy atom. The standard InChI is InChI=1S/C27H17.C13H22P.Fe/c1-2-8-18(7-1)27-23-12-6-5-11-21(23)17-26-24(27)14-13-22-15-19-9-3-4-10-20(19)16-25(22)26;1-12(2,3)14(13(4,5)6)11-9-7-8-10-11;/h1-17H;7-10H,1-6H3;. The number of hydrogen-bond acceptors (Lipinski definition) is 0. The van der Waals surface area contributed by atoms with Crippen LogP contribution in [0, 0.1) is 0 Å². The molecule has 0 radical (unpaired) electrons. The van der Waals surface area contributed by atoms with Crippen molar-refractivity contribution in [3.8, 4) is 0 Å². The van der Waals surface area contributed by atoms with E-state index in [4.69, 9.17) is 0 Å². The molecule has 10 aliphatic heterocycles. The molecule has 10 saturated heterocycles. The van der Waals surface area contributed by atoms with Crippen LogP contribution in [0.3, 0.4) is 0 Å². The van der Waals surface area contributed by atoms with E-state index in [1.165, 1.54) is 65.5 Å². The second-order valence-electron chi connectivity index (χ2n) is 20.5. The fourth-order valence-corrected chi connectivity index (χ4v) is 117. The van der Waals surface area contributed by atoms with Gasteiger partial charge in [0.2, 0.25) is 0 Å². The molecule has 0 N–H and O–H groups in total. The molecular weight excluding hydrogens is 567 g/mol. The minimum atomic E-state index is -3.88. The van der Waals surface area contributed by atoms with Crippen LogP contribution in [0.2, 0.25) is 38.5 Å². The summed E-state index contributed by atoms with van der Waals surface area (Å²) in [7, 11) is -0.0170. The van der Waals surface area contributed by atoms with Crippen molar-refractivity contribution in [2.45, 2.75) is 98.8 Å². The molecule has 0 aromatic heterocycles. The van der Waals surface area contributed by atoms with Gasteiger partial charge in [0.15, 0.2) is 0 Å². The van der Waals surface area contributed by atoms with Crippen molar-refractivity contribution in [3.63, 3.8) is 0 Å². The molecule has 0 nitrogen and oxygen atoms in total. The average molecular weight is 607 g/mol. The molecule has 10 aliphatic rings. The molecular formula is C40H39FeP. The molecule has 10 fully saturated rings. The van der Waals surface area contributed by atoms with Gasteiger partial charge < -0.3 is 0 Å². The van der Waals surface area contributed by atoms with Crippen LogP contribution >= 0.6 is 7.92 Å². The number of fused-ring (bicyclic) bond motifs is 15. The normalized spacial score (nSPS) is 58.5. The fraction of sp³-hybridized carbons (Fsp3) is 0.450. The Labute approximate surface area is 239 Å². The quantitative estimate of drug-likeness (QED) is 0.0812. The molecule has 0 aliphatic carbocycles. The Balaban J connectivity index is 1.12. The Morgan fingerprint density at radius 3 is 1.64 bits per heavy atom. The average Bonchev–Trinajstić information content (AvgIpc) is 3.89. The van der Waals surface area contributed by atoms with Gasteiger partial charge >= 0.3 is 241 Å². The first-order chi connectivity index (χ1) is 19.8. The van der Waals surface area contributed by atoms with Crippen LogP contribution in [0.5, 0.6) is 0 Å². The minimum absolute atomic E-state index is 0.0170. The third-order valence-electron chi connectivity index (χ3n) is 21.5. The van der Waals surface area contributed by atoms with Gasteiger partial charge in [-0.3, -0.25) is 0 Å². The van der Waals surface area contributed by atoms with Gasteiger partial charge in [0, 0.05) is 0 Å². The maximum absolute atomic E-state index is 3.88. The number of hydrogen-bond donors (Lipinski definition) is 0. The molecule has 8 unspecified atom stereocenters. The SMILES string of the molecule is CC(C)(C)P(C(C)(C)C)[C]12[CH]3[CH]4[CH]5[CH]1[Fe]45321678[CH]2[CH]1[CH]6[C]7(c1c3ccccc3cc3c1ccc1cc4ccccc4cc13)[CH]28. The molecule has 5 aromatic carbocycles. The summed E-state index contributed by atoms with van der Waals surface area (Å²) < 4.78 is 1.56.